The molecule has 5 nitrogen and oxygen atoms in total. The Labute approximate surface area is 113 Å². The average Bonchev–Trinajstić information content (AvgIpc) is 2.62. The van der Waals surface area contributed by atoms with Crippen LogP contribution in [0.15, 0.2) is 34.8 Å². The van der Waals surface area contributed by atoms with Crippen LogP contribution in [0, 0.1) is 24.0 Å². The molecule has 0 aliphatic heterocycles. The average molecular weight is 310 g/mol. The Kier molecular flexibility index (Phi) is 3.38. The maximum absolute atomic E-state index is 11.0. The lowest BCUT2D eigenvalue weighted by Gasteiger charge is -2.12. The van der Waals surface area contributed by atoms with Gasteiger partial charge in [-0.15, -0.1) is 0 Å². The van der Waals surface area contributed by atoms with Crippen molar-refractivity contribution in [2.45, 2.75) is 13.8 Å². The number of hydrogen-bond acceptors (Lipinski definition) is 3. The first-order valence-corrected chi connectivity index (χ1v) is 6.14. The maximum atomic E-state index is 11.0. The number of nitrogens with zero attached hydrogens (tertiary/aromatic N) is 2. The van der Waals surface area contributed by atoms with Gasteiger partial charge in [-0.05, 0) is 38.1 Å². The molecule has 2 aromatic rings. The van der Waals surface area contributed by atoms with Crippen LogP contribution in [0.2, 0.25) is 0 Å². The van der Waals surface area contributed by atoms with Crippen molar-refractivity contribution in [2.24, 2.45) is 0 Å². The number of aryl methyl sites for hydroxylation is 2. The van der Waals surface area contributed by atoms with Crippen molar-refractivity contribution in [1.82, 2.24) is 4.68 Å². The molecule has 1 N–H and O–H groups in total. The summed E-state index contributed by atoms with van der Waals surface area (Å²) in [6.45, 7) is 3.87. The Morgan fingerprint density at radius 2 is 1.83 bits per heavy atom. The molecule has 0 amide bonds. The molecular formula is C12H12BrN3O2. The van der Waals surface area contributed by atoms with Gasteiger partial charge in [0.05, 0.1) is 4.92 Å². The van der Waals surface area contributed by atoms with E-state index in [4.69, 9.17) is 0 Å². The molecule has 18 heavy (non-hydrogen) atoms. The summed E-state index contributed by atoms with van der Waals surface area (Å²) in [6.07, 6.45) is 0. The molecule has 0 saturated heterocycles. The lowest BCUT2D eigenvalue weighted by Crippen LogP contribution is -2.13. The van der Waals surface area contributed by atoms with Crippen molar-refractivity contribution in [2.75, 3.05) is 5.43 Å². The van der Waals surface area contributed by atoms with Crippen LogP contribution >= 0.6 is 15.9 Å². The van der Waals surface area contributed by atoms with Crippen molar-refractivity contribution in [3.05, 3.63) is 56.3 Å². The van der Waals surface area contributed by atoms with E-state index < -0.39 is 4.92 Å². The lowest BCUT2D eigenvalue weighted by molar-refractivity contribution is -0.384. The van der Waals surface area contributed by atoms with Gasteiger partial charge in [0.2, 0.25) is 0 Å². The van der Waals surface area contributed by atoms with Gasteiger partial charge in [-0.25, -0.2) is 0 Å². The van der Waals surface area contributed by atoms with Gasteiger partial charge < -0.3 is 0 Å². The van der Waals surface area contributed by atoms with Crippen molar-refractivity contribution >= 4 is 27.3 Å². The van der Waals surface area contributed by atoms with Gasteiger partial charge >= 0.3 is 0 Å². The molecule has 0 radical (unpaired) electrons. The van der Waals surface area contributed by atoms with E-state index in [1.165, 1.54) is 6.07 Å². The number of rotatable bonds is 3. The third-order valence-electron chi connectivity index (χ3n) is 2.66. The van der Waals surface area contributed by atoms with Gasteiger partial charge in [-0.2, -0.15) is 0 Å². The topological polar surface area (TPSA) is 60.1 Å². The Morgan fingerprint density at radius 3 is 2.39 bits per heavy atom. The zero-order chi connectivity index (χ0) is 13.3. The predicted octanol–water partition coefficient (Wildman–Crippen LogP) is 3.65. The molecule has 1 heterocycles. The zero-order valence-corrected chi connectivity index (χ0v) is 11.6. The Balaban J connectivity index is 2.43. The molecule has 0 unspecified atom stereocenters. The highest BCUT2D eigenvalue weighted by molar-refractivity contribution is 9.10. The van der Waals surface area contributed by atoms with Gasteiger partial charge in [0.1, 0.15) is 5.69 Å². The minimum Gasteiger partial charge on any atom is -0.288 e. The van der Waals surface area contributed by atoms with E-state index in [9.17, 15) is 10.1 Å². The smallest absolute Gasteiger partial charge is 0.288 e. The first-order chi connectivity index (χ1) is 8.49. The number of halogens is 1. The highest BCUT2D eigenvalue weighted by Crippen LogP contribution is 2.28. The number of nitro groups is 1. The third-order valence-corrected chi connectivity index (χ3v) is 3.15. The van der Waals surface area contributed by atoms with Crippen LogP contribution in [-0.2, 0) is 0 Å². The molecule has 0 aliphatic rings. The summed E-state index contributed by atoms with van der Waals surface area (Å²) in [4.78, 5) is 10.6. The van der Waals surface area contributed by atoms with E-state index in [-0.39, 0.29) is 5.69 Å². The molecule has 0 saturated carbocycles. The van der Waals surface area contributed by atoms with E-state index in [1.807, 2.05) is 30.7 Å². The number of benzene rings is 1. The summed E-state index contributed by atoms with van der Waals surface area (Å²) in [6, 6.07) is 8.83. The fourth-order valence-corrected chi connectivity index (χ4v) is 2.06. The highest BCUT2D eigenvalue weighted by atomic mass is 79.9. The van der Waals surface area contributed by atoms with Gasteiger partial charge in [0.25, 0.3) is 5.69 Å². The van der Waals surface area contributed by atoms with Crippen LogP contribution in [-0.4, -0.2) is 9.60 Å². The summed E-state index contributed by atoms with van der Waals surface area (Å²) < 4.78 is 2.50. The monoisotopic (exact) mass is 309 g/mol. The van der Waals surface area contributed by atoms with E-state index >= 15 is 0 Å². The molecule has 94 valence electrons. The number of aromatic nitrogens is 1. The van der Waals surface area contributed by atoms with E-state index in [1.54, 1.807) is 12.1 Å². The van der Waals surface area contributed by atoms with E-state index in [2.05, 4.69) is 21.4 Å². The molecule has 0 fully saturated rings. The number of hydrogen-bond donors (Lipinski definition) is 1. The second-order valence-electron chi connectivity index (χ2n) is 3.98. The first kappa shape index (κ1) is 12.6. The fourth-order valence-electron chi connectivity index (χ4n) is 1.72. The van der Waals surface area contributed by atoms with Gasteiger partial charge in [-0.1, -0.05) is 15.9 Å². The molecular weight excluding hydrogens is 298 g/mol. The standard InChI is InChI=1S/C12H12BrN3O2/c1-8-3-4-9(2)15(8)14-11-6-5-10(13)7-12(11)16(17)18/h3-7,14H,1-2H3. The Morgan fingerprint density at radius 1 is 1.22 bits per heavy atom. The molecule has 1 aromatic heterocycles. The number of nitro benzene ring substituents is 1. The summed E-state index contributed by atoms with van der Waals surface area (Å²) >= 11 is 3.23. The lowest BCUT2D eigenvalue weighted by atomic mass is 10.3. The molecule has 6 heteroatoms. The van der Waals surface area contributed by atoms with Crippen molar-refractivity contribution in [3.8, 4) is 0 Å². The third kappa shape index (κ3) is 2.38. The molecule has 0 aliphatic carbocycles. The Hall–Kier alpha value is -1.82. The molecule has 0 bridgehead atoms. The van der Waals surface area contributed by atoms with Crippen LogP contribution in [0.5, 0.6) is 0 Å². The minimum absolute atomic E-state index is 0.0388. The zero-order valence-electron chi connectivity index (χ0n) is 9.98. The van der Waals surface area contributed by atoms with Gasteiger partial charge in [0.15, 0.2) is 0 Å². The molecule has 1 aromatic carbocycles. The van der Waals surface area contributed by atoms with Crippen LogP contribution < -0.4 is 5.43 Å². The SMILES string of the molecule is Cc1ccc(C)n1Nc1ccc(Br)cc1[N+](=O)[O-]. The molecule has 0 atom stereocenters. The summed E-state index contributed by atoms with van der Waals surface area (Å²) in [5.74, 6) is 0. The normalized spacial score (nSPS) is 10.4. The summed E-state index contributed by atoms with van der Waals surface area (Å²) in [5.41, 5.74) is 5.54. The van der Waals surface area contributed by atoms with E-state index in [0.717, 1.165) is 11.4 Å². The van der Waals surface area contributed by atoms with Crippen LogP contribution in [0.1, 0.15) is 11.4 Å². The number of nitrogens with one attached hydrogen (secondary N) is 1. The Bertz CT molecular complexity index is 588. The first-order valence-electron chi connectivity index (χ1n) is 5.35. The molecule has 0 spiro atoms. The van der Waals surface area contributed by atoms with Gasteiger partial charge in [-0.3, -0.25) is 20.2 Å². The van der Waals surface area contributed by atoms with Crippen molar-refractivity contribution in [1.29, 1.82) is 0 Å². The second-order valence-corrected chi connectivity index (χ2v) is 4.90. The quantitative estimate of drug-likeness (QED) is 0.695. The second kappa shape index (κ2) is 4.81. The fraction of sp³-hybridized carbons (Fsp3) is 0.167. The predicted molar refractivity (Wildman–Crippen MR) is 73.7 cm³/mol. The largest absolute Gasteiger partial charge is 0.295 e. The maximum Gasteiger partial charge on any atom is 0.295 e. The van der Waals surface area contributed by atoms with Gasteiger partial charge in [0, 0.05) is 21.9 Å². The van der Waals surface area contributed by atoms with Crippen LogP contribution in [0.25, 0.3) is 0 Å². The molecule has 2 rings (SSSR count). The van der Waals surface area contributed by atoms with Crippen molar-refractivity contribution < 1.29 is 4.92 Å². The summed E-state index contributed by atoms with van der Waals surface area (Å²) in [7, 11) is 0. The number of anilines is 1. The van der Waals surface area contributed by atoms with Crippen LogP contribution in [0.4, 0.5) is 11.4 Å². The van der Waals surface area contributed by atoms with E-state index in [0.29, 0.717) is 10.2 Å². The minimum atomic E-state index is -0.402. The summed E-state index contributed by atoms with van der Waals surface area (Å²) in [5, 5.41) is 11.0. The highest BCUT2D eigenvalue weighted by Gasteiger charge is 2.15. The van der Waals surface area contributed by atoms with Crippen molar-refractivity contribution in [3.63, 3.8) is 0 Å². The van der Waals surface area contributed by atoms with Crippen LogP contribution in [0.3, 0.4) is 0 Å².